The molecule has 2 aromatic heterocycles. The number of anilines is 2. The summed E-state index contributed by atoms with van der Waals surface area (Å²) < 4.78 is 17.8. The zero-order valence-electron chi connectivity index (χ0n) is 13.9. The van der Waals surface area contributed by atoms with E-state index in [1.54, 1.807) is 17.8 Å². The van der Waals surface area contributed by atoms with Crippen molar-refractivity contribution in [3.05, 3.63) is 6.33 Å². The second kappa shape index (κ2) is 7.43. The van der Waals surface area contributed by atoms with Crippen LogP contribution in [0, 0.1) is 0 Å². The van der Waals surface area contributed by atoms with Crippen LogP contribution in [0.2, 0.25) is 0 Å². The van der Waals surface area contributed by atoms with Crippen LogP contribution in [-0.4, -0.2) is 43.2 Å². The predicted molar refractivity (Wildman–Crippen MR) is 89.3 cm³/mol. The van der Waals surface area contributed by atoms with Gasteiger partial charge in [-0.25, -0.2) is 4.57 Å². The summed E-state index contributed by atoms with van der Waals surface area (Å²) in [6, 6.07) is 0.227. The molecule has 2 rings (SSSR count). The SMILES string of the molecule is CCC(C)Nc1nc(N)nc2c1[nH]c[n+]2C[C@@H](C)OCP(=O)(O)O. The van der Waals surface area contributed by atoms with Crippen molar-refractivity contribution in [2.45, 2.75) is 45.9 Å². The minimum atomic E-state index is -4.19. The highest BCUT2D eigenvalue weighted by molar-refractivity contribution is 7.51. The molecule has 1 unspecified atom stereocenters. The number of hydrogen-bond acceptors (Lipinski definition) is 6. The van der Waals surface area contributed by atoms with Crippen LogP contribution < -0.4 is 15.6 Å². The number of nitrogens with zero attached hydrogens (tertiary/aromatic N) is 3. The van der Waals surface area contributed by atoms with Gasteiger partial charge in [0.05, 0.1) is 12.6 Å². The zero-order valence-corrected chi connectivity index (χ0v) is 14.8. The van der Waals surface area contributed by atoms with Gasteiger partial charge in [-0.05, 0) is 20.3 Å². The van der Waals surface area contributed by atoms with Crippen molar-refractivity contribution in [2.24, 2.45) is 0 Å². The average Bonchev–Trinajstić information content (AvgIpc) is 2.87. The molecule has 0 bridgehead atoms. The van der Waals surface area contributed by atoms with E-state index < -0.39 is 20.0 Å². The molecule has 2 heterocycles. The fourth-order valence-corrected chi connectivity index (χ4v) is 2.59. The van der Waals surface area contributed by atoms with E-state index in [4.69, 9.17) is 20.3 Å². The third-order valence-corrected chi connectivity index (χ3v) is 4.01. The number of aromatic amines is 1. The lowest BCUT2D eigenvalue weighted by molar-refractivity contribution is -0.679. The van der Waals surface area contributed by atoms with Crippen molar-refractivity contribution in [1.82, 2.24) is 15.0 Å². The second-order valence-electron chi connectivity index (χ2n) is 5.78. The van der Waals surface area contributed by atoms with Gasteiger partial charge in [-0.1, -0.05) is 11.9 Å². The van der Waals surface area contributed by atoms with Gasteiger partial charge in [0.15, 0.2) is 12.1 Å². The first-order valence-corrected chi connectivity index (χ1v) is 9.46. The summed E-state index contributed by atoms with van der Waals surface area (Å²) in [5, 5.41) is 3.28. The third kappa shape index (κ3) is 4.88. The predicted octanol–water partition coefficient (Wildman–Crippen LogP) is 0.578. The number of fused-ring (bicyclic) bond motifs is 1. The average molecular weight is 359 g/mol. The molecule has 0 aliphatic heterocycles. The van der Waals surface area contributed by atoms with Crippen molar-refractivity contribution in [3.63, 3.8) is 0 Å². The van der Waals surface area contributed by atoms with E-state index in [1.807, 2.05) is 6.92 Å². The Morgan fingerprint density at radius 1 is 1.46 bits per heavy atom. The van der Waals surface area contributed by atoms with Crippen LogP contribution in [0.4, 0.5) is 11.8 Å². The van der Waals surface area contributed by atoms with Gasteiger partial charge in [0.1, 0.15) is 6.35 Å². The summed E-state index contributed by atoms with van der Waals surface area (Å²) in [5.41, 5.74) is 7.10. The number of hydrogen-bond donors (Lipinski definition) is 5. The number of aromatic nitrogens is 4. The highest BCUT2D eigenvalue weighted by atomic mass is 31.2. The van der Waals surface area contributed by atoms with Crippen molar-refractivity contribution >= 4 is 30.5 Å². The molecule has 134 valence electrons. The van der Waals surface area contributed by atoms with E-state index in [2.05, 4.69) is 27.2 Å². The maximum absolute atomic E-state index is 10.9. The standard InChI is InChI=1S/C13H23N6O4P/c1-4-8(2)16-11-10-12(18-13(14)17-11)19(6-15-10)5-9(3)23-7-24(20,21)22/h6,8-9H,4-5,7H2,1-3H3,(H5,14,16,17,18,20,21,22)/p+1/t8?,9-/m1/s1. The Bertz CT molecular complexity index is 745. The molecule has 0 spiro atoms. The van der Waals surface area contributed by atoms with Crippen molar-refractivity contribution in [2.75, 3.05) is 17.4 Å². The van der Waals surface area contributed by atoms with Crippen molar-refractivity contribution in [1.29, 1.82) is 0 Å². The first-order valence-electron chi connectivity index (χ1n) is 7.66. The minimum absolute atomic E-state index is 0.144. The maximum Gasteiger partial charge on any atom is 0.350 e. The van der Waals surface area contributed by atoms with Gasteiger partial charge in [-0.2, -0.15) is 4.98 Å². The van der Waals surface area contributed by atoms with Gasteiger partial charge >= 0.3 is 13.2 Å². The van der Waals surface area contributed by atoms with Gasteiger partial charge in [0, 0.05) is 6.04 Å². The quantitative estimate of drug-likeness (QED) is 0.339. The van der Waals surface area contributed by atoms with Gasteiger partial charge in [0.2, 0.25) is 5.52 Å². The normalized spacial score (nSPS) is 14.7. The van der Waals surface area contributed by atoms with E-state index >= 15 is 0 Å². The molecule has 6 N–H and O–H groups in total. The van der Waals surface area contributed by atoms with Crippen LogP contribution in [0.1, 0.15) is 27.2 Å². The molecule has 10 nitrogen and oxygen atoms in total. The lowest BCUT2D eigenvalue weighted by Gasteiger charge is -2.12. The van der Waals surface area contributed by atoms with Crippen LogP contribution in [0.3, 0.4) is 0 Å². The first kappa shape index (κ1) is 18.6. The van der Waals surface area contributed by atoms with Gasteiger partial charge in [-0.15, -0.1) is 0 Å². The summed E-state index contributed by atoms with van der Waals surface area (Å²) in [6.07, 6.45) is 1.61. The van der Waals surface area contributed by atoms with Crippen molar-refractivity contribution < 1.29 is 23.7 Å². The smallest absolute Gasteiger partial charge is 0.350 e. The Labute approximate surface area is 139 Å². The first-order chi connectivity index (χ1) is 11.2. The number of imidazole rings is 1. The van der Waals surface area contributed by atoms with E-state index in [1.165, 1.54) is 0 Å². The molecule has 0 amide bonds. The Morgan fingerprint density at radius 2 is 2.17 bits per heavy atom. The molecule has 2 atom stereocenters. The Kier molecular flexibility index (Phi) is 5.76. The fourth-order valence-electron chi connectivity index (χ4n) is 2.14. The number of rotatable bonds is 8. The van der Waals surface area contributed by atoms with E-state index in [9.17, 15) is 4.57 Å². The molecule has 2 aromatic rings. The third-order valence-electron chi connectivity index (χ3n) is 3.52. The van der Waals surface area contributed by atoms with Crippen LogP contribution in [-0.2, 0) is 15.8 Å². The number of ether oxygens (including phenoxy) is 1. The minimum Gasteiger partial charge on any atom is -0.364 e. The van der Waals surface area contributed by atoms with E-state index in [-0.39, 0.29) is 12.0 Å². The largest absolute Gasteiger partial charge is 0.364 e. The Morgan fingerprint density at radius 3 is 2.79 bits per heavy atom. The molecule has 0 aromatic carbocycles. The summed E-state index contributed by atoms with van der Waals surface area (Å²) in [7, 11) is -4.19. The van der Waals surface area contributed by atoms with Crippen LogP contribution in [0.5, 0.6) is 0 Å². The zero-order chi connectivity index (χ0) is 17.9. The molecule has 24 heavy (non-hydrogen) atoms. The number of nitrogens with one attached hydrogen (secondary N) is 2. The lowest BCUT2D eigenvalue weighted by Crippen LogP contribution is -2.39. The molecule has 0 fully saturated rings. The summed E-state index contributed by atoms with van der Waals surface area (Å²) >= 11 is 0. The second-order valence-corrected chi connectivity index (χ2v) is 7.37. The maximum atomic E-state index is 10.9. The van der Waals surface area contributed by atoms with Gasteiger partial charge in [-0.3, -0.25) is 9.55 Å². The van der Waals surface area contributed by atoms with E-state index in [0.29, 0.717) is 23.5 Å². The summed E-state index contributed by atoms with van der Waals surface area (Å²) in [4.78, 5) is 29.3. The Balaban J connectivity index is 2.21. The molecule has 0 aliphatic carbocycles. The molecular formula is C13H24N6O4P+. The van der Waals surface area contributed by atoms with Crippen LogP contribution in [0.15, 0.2) is 6.33 Å². The monoisotopic (exact) mass is 359 g/mol. The molecule has 0 saturated heterocycles. The molecule has 11 heteroatoms. The summed E-state index contributed by atoms with van der Waals surface area (Å²) in [5.74, 6) is 0.764. The van der Waals surface area contributed by atoms with E-state index in [0.717, 1.165) is 6.42 Å². The Hall–Kier alpha value is -1.74. The molecule has 0 saturated carbocycles. The van der Waals surface area contributed by atoms with Crippen molar-refractivity contribution in [3.8, 4) is 0 Å². The number of nitrogens with two attached hydrogens (primary N) is 1. The molecule has 0 aliphatic rings. The molecular weight excluding hydrogens is 335 g/mol. The number of nitrogen functional groups attached to an aromatic ring is 1. The van der Waals surface area contributed by atoms with Crippen LogP contribution in [0.25, 0.3) is 11.2 Å². The van der Waals surface area contributed by atoms with Crippen LogP contribution >= 0.6 is 7.60 Å². The highest BCUT2D eigenvalue weighted by Gasteiger charge is 2.22. The molecule has 0 radical (unpaired) electrons. The lowest BCUT2D eigenvalue weighted by atomic mass is 10.2. The fraction of sp³-hybridized carbons (Fsp3) is 0.615. The number of H-pyrrole nitrogens is 1. The topological polar surface area (TPSA) is 150 Å². The highest BCUT2D eigenvalue weighted by Crippen LogP contribution is 2.34. The summed E-state index contributed by atoms with van der Waals surface area (Å²) in [6.45, 7) is 6.19. The van der Waals surface area contributed by atoms with Gasteiger partial charge in [0.25, 0.3) is 5.95 Å². The van der Waals surface area contributed by atoms with Gasteiger partial charge < -0.3 is 25.6 Å².